The van der Waals surface area contributed by atoms with Crippen LogP contribution in [-0.4, -0.2) is 63.4 Å². The summed E-state index contributed by atoms with van der Waals surface area (Å²) in [6, 6.07) is 0. The van der Waals surface area contributed by atoms with E-state index in [9.17, 15) is 95.9 Å². The van der Waals surface area contributed by atoms with Crippen LogP contribution in [-0.2, 0) is 20.0 Å². The van der Waals surface area contributed by atoms with Crippen LogP contribution in [0.1, 0.15) is 0 Å². The summed E-state index contributed by atoms with van der Waals surface area (Å²) in [4.78, 5) is 0. The zero-order valence-electron chi connectivity index (χ0n) is 14.3. The van der Waals surface area contributed by atoms with Crippen molar-refractivity contribution in [2.45, 2.75) is 46.6 Å². The monoisotopic (exact) mass is 615 g/mol. The van der Waals surface area contributed by atoms with E-state index in [0.29, 0.717) is 0 Å². The van der Waals surface area contributed by atoms with Crippen LogP contribution in [0.3, 0.4) is 0 Å². The van der Waals surface area contributed by atoms with E-state index in [2.05, 4.69) is 0 Å². The standard InChI is InChI=1S/C8HF18NO4S2.H2S/c9-1(10,5(17,18)19)3(13,14)7(23,24)32(28,29)27-33(30,31)8(25,26)4(15,16)2(11,12)6(20,21)22;/h27H;1H2. The quantitative estimate of drug-likeness (QED) is 0.416. The summed E-state index contributed by atoms with van der Waals surface area (Å²) >= 11 is 0. The normalized spacial score (nSPS) is 16.3. The first-order chi connectivity index (χ1) is 13.7. The van der Waals surface area contributed by atoms with Crippen molar-refractivity contribution in [2.24, 2.45) is 0 Å². The van der Waals surface area contributed by atoms with Crippen molar-refractivity contribution in [3.63, 3.8) is 0 Å². The van der Waals surface area contributed by atoms with Gasteiger partial charge in [-0.3, -0.25) is 0 Å². The summed E-state index contributed by atoms with van der Waals surface area (Å²) < 4.78 is 268. The molecule has 0 aliphatic heterocycles. The van der Waals surface area contributed by atoms with E-state index in [-0.39, 0.29) is 13.5 Å². The van der Waals surface area contributed by atoms with E-state index in [0.717, 1.165) is 0 Å². The number of halogens is 18. The number of hydrogen-bond donors (Lipinski definition) is 1. The van der Waals surface area contributed by atoms with Gasteiger partial charge in [0.1, 0.15) is 0 Å². The Bertz CT molecular complexity index is 884. The van der Waals surface area contributed by atoms with Gasteiger partial charge in [0.2, 0.25) is 0 Å². The van der Waals surface area contributed by atoms with Crippen LogP contribution >= 0.6 is 13.5 Å². The molecule has 0 heterocycles. The van der Waals surface area contributed by atoms with Crippen molar-refractivity contribution in [1.29, 1.82) is 0 Å². The van der Waals surface area contributed by atoms with Crippen molar-refractivity contribution in [3.05, 3.63) is 0 Å². The van der Waals surface area contributed by atoms with Gasteiger partial charge < -0.3 is 0 Å². The molecule has 0 saturated carbocycles. The van der Waals surface area contributed by atoms with E-state index in [1.807, 2.05) is 0 Å². The fraction of sp³-hybridized carbons (Fsp3) is 1.00. The van der Waals surface area contributed by atoms with Gasteiger partial charge in [-0.25, -0.2) is 16.8 Å². The number of sulfonamides is 2. The minimum Gasteiger partial charge on any atom is -0.205 e. The fourth-order valence-corrected chi connectivity index (χ4v) is 4.23. The molecule has 0 radical (unpaired) electrons. The Hall–Kier alpha value is -1.05. The van der Waals surface area contributed by atoms with Gasteiger partial charge in [0.05, 0.1) is 0 Å². The summed E-state index contributed by atoms with van der Waals surface area (Å²) in [5.74, 6) is -32.9. The number of nitrogens with one attached hydrogen (secondary N) is 1. The van der Waals surface area contributed by atoms with Gasteiger partial charge in [0.15, 0.2) is 0 Å². The summed E-state index contributed by atoms with van der Waals surface area (Å²) in [7, 11) is -17.4. The van der Waals surface area contributed by atoms with Gasteiger partial charge in [0, 0.05) is 0 Å². The first kappa shape index (κ1) is 35.1. The summed E-state index contributed by atoms with van der Waals surface area (Å²) in [6.07, 6.45) is -15.5. The van der Waals surface area contributed by atoms with E-state index < -0.39 is 70.7 Å². The van der Waals surface area contributed by atoms with Gasteiger partial charge in [-0.15, -0.1) is 0 Å². The smallest absolute Gasteiger partial charge is 0.205 e. The van der Waals surface area contributed by atoms with Crippen molar-refractivity contribution in [1.82, 2.24) is 4.13 Å². The first-order valence-corrected chi connectivity index (χ1v) is 9.35. The van der Waals surface area contributed by atoms with E-state index in [1.165, 1.54) is 0 Å². The Kier molecular flexibility index (Phi) is 8.79. The second-order valence-electron chi connectivity index (χ2n) is 5.42. The van der Waals surface area contributed by atoms with E-state index in [4.69, 9.17) is 0 Å². The maximum Gasteiger partial charge on any atom is 0.460 e. The molecular formula is C8H3F18NO4S3. The van der Waals surface area contributed by atoms with Crippen molar-refractivity contribution >= 4 is 33.5 Å². The molecule has 0 saturated heterocycles. The molecule has 0 rings (SSSR count). The summed E-state index contributed by atoms with van der Waals surface area (Å²) in [6.45, 7) is 0. The molecule has 34 heavy (non-hydrogen) atoms. The zero-order chi connectivity index (χ0) is 27.7. The fourth-order valence-electron chi connectivity index (χ4n) is 1.31. The molecular weight excluding hydrogens is 612 g/mol. The predicted octanol–water partition coefficient (Wildman–Crippen LogP) is 4.20. The Morgan fingerprint density at radius 3 is 0.706 bits per heavy atom. The Labute approximate surface area is 181 Å². The van der Waals surface area contributed by atoms with Gasteiger partial charge in [-0.2, -0.15) is 92.5 Å². The Balaban J connectivity index is 0. The third kappa shape index (κ3) is 4.69. The molecule has 0 aromatic heterocycles. The maximum absolute atomic E-state index is 13.2. The van der Waals surface area contributed by atoms with Crippen LogP contribution in [0.5, 0.6) is 0 Å². The molecule has 0 aromatic carbocycles. The molecule has 0 fully saturated rings. The minimum atomic E-state index is -8.68. The molecule has 208 valence electrons. The average Bonchev–Trinajstić information content (AvgIpc) is 2.50. The third-order valence-corrected chi connectivity index (χ3v) is 6.74. The molecule has 0 aromatic rings. The molecule has 0 unspecified atom stereocenters. The highest BCUT2D eigenvalue weighted by Gasteiger charge is 2.88. The number of rotatable bonds is 8. The molecule has 0 atom stereocenters. The zero-order valence-corrected chi connectivity index (χ0v) is 16.9. The molecule has 0 aliphatic carbocycles. The summed E-state index contributed by atoms with van der Waals surface area (Å²) in [5.41, 5.74) is 0. The topological polar surface area (TPSA) is 80.3 Å². The highest BCUT2D eigenvalue weighted by Crippen LogP contribution is 2.56. The first-order valence-electron chi connectivity index (χ1n) is 6.38. The molecule has 0 aliphatic rings. The Morgan fingerprint density at radius 2 is 0.559 bits per heavy atom. The lowest BCUT2D eigenvalue weighted by Crippen LogP contribution is -2.68. The van der Waals surface area contributed by atoms with Crippen LogP contribution in [0.2, 0.25) is 0 Å². The number of hydrogen-bond acceptors (Lipinski definition) is 4. The van der Waals surface area contributed by atoms with Crippen molar-refractivity contribution in [2.75, 3.05) is 0 Å². The van der Waals surface area contributed by atoms with Gasteiger partial charge in [-0.1, -0.05) is 4.13 Å². The predicted molar refractivity (Wildman–Crippen MR) is 73.1 cm³/mol. The lowest BCUT2D eigenvalue weighted by Gasteiger charge is -2.34. The van der Waals surface area contributed by atoms with Crippen molar-refractivity contribution < 1.29 is 95.9 Å². The van der Waals surface area contributed by atoms with Crippen LogP contribution in [0.4, 0.5) is 79.0 Å². The molecule has 5 nitrogen and oxygen atoms in total. The largest absolute Gasteiger partial charge is 0.460 e. The summed E-state index contributed by atoms with van der Waals surface area (Å²) in [5, 5.41) is -16.3. The van der Waals surface area contributed by atoms with Crippen LogP contribution in [0, 0.1) is 0 Å². The molecule has 0 spiro atoms. The highest BCUT2D eigenvalue weighted by atomic mass is 32.3. The van der Waals surface area contributed by atoms with Gasteiger partial charge in [0.25, 0.3) is 20.0 Å². The molecule has 0 amide bonds. The lowest BCUT2D eigenvalue weighted by atomic mass is 10.1. The number of alkyl halides is 18. The minimum absolute atomic E-state index is 0. The van der Waals surface area contributed by atoms with E-state index >= 15 is 0 Å². The van der Waals surface area contributed by atoms with Crippen LogP contribution in [0.15, 0.2) is 0 Å². The second-order valence-corrected chi connectivity index (χ2v) is 9.12. The van der Waals surface area contributed by atoms with E-state index in [1.54, 1.807) is 0 Å². The van der Waals surface area contributed by atoms with Crippen LogP contribution < -0.4 is 4.13 Å². The van der Waals surface area contributed by atoms with Gasteiger partial charge in [-0.05, 0) is 0 Å². The highest BCUT2D eigenvalue weighted by molar-refractivity contribution is 8.05. The lowest BCUT2D eigenvalue weighted by molar-refractivity contribution is -0.382. The maximum atomic E-state index is 13.2. The Morgan fingerprint density at radius 1 is 0.382 bits per heavy atom. The molecule has 1 N–H and O–H groups in total. The molecule has 0 bridgehead atoms. The SMILES string of the molecule is O=S(=O)(NS(=O)(=O)C(F)(F)C(F)(F)C(F)(F)C(F)(F)F)C(F)(F)C(F)(F)C(F)(F)C(F)(F)F.S. The van der Waals surface area contributed by atoms with Crippen LogP contribution in [0.25, 0.3) is 0 Å². The third-order valence-electron chi connectivity index (χ3n) is 3.13. The second kappa shape index (κ2) is 8.52. The average molecular weight is 615 g/mol. The van der Waals surface area contributed by atoms with Gasteiger partial charge >= 0.3 is 46.6 Å². The van der Waals surface area contributed by atoms with Crippen molar-refractivity contribution in [3.8, 4) is 0 Å². The molecule has 26 heteroatoms.